The van der Waals surface area contributed by atoms with E-state index in [1.807, 2.05) is 25.1 Å². The molecule has 0 unspecified atom stereocenters. The van der Waals surface area contributed by atoms with Crippen molar-refractivity contribution >= 4 is 11.6 Å². The molecule has 2 aromatic rings. The number of nitrogens with zero attached hydrogens (tertiary/aromatic N) is 2. The van der Waals surface area contributed by atoms with E-state index < -0.39 is 0 Å². The van der Waals surface area contributed by atoms with Crippen molar-refractivity contribution in [1.29, 1.82) is 0 Å². The maximum absolute atomic E-state index is 11.6. The molecule has 1 amide bonds. The second-order valence-corrected chi connectivity index (χ2v) is 3.56. The second kappa shape index (κ2) is 4.69. The number of carbonyl (C=O) groups excluding carboxylic acids is 1. The lowest BCUT2D eigenvalue weighted by atomic mass is 10.3. The van der Waals surface area contributed by atoms with Gasteiger partial charge < -0.3 is 11.1 Å². The second-order valence-electron chi connectivity index (χ2n) is 3.56. The van der Waals surface area contributed by atoms with Gasteiger partial charge in [-0.1, -0.05) is 12.1 Å². The molecule has 0 saturated heterocycles. The Morgan fingerprint density at radius 1 is 1.41 bits per heavy atom. The molecule has 1 heterocycles. The lowest BCUT2D eigenvalue weighted by Gasteiger charge is -2.04. The number of anilines is 1. The molecule has 17 heavy (non-hydrogen) atoms. The number of rotatable bonds is 3. The molecule has 5 heteroatoms. The maximum Gasteiger partial charge on any atom is 0.271 e. The Hall–Kier alpha value is -2.30. The van der Waals surface area contributed by atoms with E-state index in [-0.39, 0.29) is 5.91 Å². The minimum atomic E-state index is -0.180. The Kier molecular flexibility index (Phi) is 3.09. The third kappa shape index (κ3) is 2.28. The van der Waals surface area contributed by atoms with E-state index in [0.29, 0.717) is 17.9 Å². The van der Waals surface area contributed by atoms with Gasteiger partial charge in [0.05, 0.1) is 11.4 Å². The van der Waals surface area contributed by atoms with E-state index in [4.69, 9.17) is 5.73 Å². The Balaban J connectivity index is 2.30. The van der Waals surface area contributed by atoms with Gasteiger partial charge in [-0.15, -0.1) is 0 Å². The van der Waals surface area contributed by atoms with Crippen LogP contribution in [0.25, 0.3) is 5.69 Å². The lowest BCUT2D eigenvalue weighted by molar-refractivity contribution is 0.0950. The van der Waals surface area contributed by atoms with Gasteiger partial charge in [0.25, 0.3) is 5.91 Å². The van der Waals surface area contributed by atoms with E-state index in [1.54, 1.807) is 23.0 Å². The van der Waals surface area contributed by atoms with Gasteiger partial charge in [-0.2, -0.15) is 5.10 Å². The van der Waals surface area contributed by atoms with Crippen LogP contribution in [0.15, 0.2) is 36.5 Å². The number of carbonyl (C=O) groups is 1. The maximum atomic E-state index is 11.6. The Morgan fingerprint density at radius 2 is 2.18 bits per heavy atom. The molecule has 0 aliphatic carbocycles. The van der Waals surface area contributed by atoms with Gasteiger partial charge in [-0.25, -0.2) is 4.68 Å². The number of hydrogen-bond acceptors (Lipinski definition) is 3. The predicted octanol–water partition coefficient (Wildman–Crippen LogP) is 1.20. The number of nitrogen functional groups attached to an aromatic ring is 1. The molecule has 0 atom stereocenters. The topological polar surface area (TPSA) is 72.9 Å². The van der Waals surface area contributed by atoms with Crippen LogP contribution >= 0.6 is 0 Å². The van der Waals surface area contributed by atoms with Crippen LogP contribution in [0.3, 0.4) is 0 Å². The fourth-order valence-electron chi connectivity index (χ4n) is 1.53. The summed E-state index contributed by atoms with van der Waals surface area (Å²) in [7, 11) is 0. The summed E-state index contributed by atoms with van der Waals surface area (Å²) in [5.41, 5.74) is 7.61. The first-order valence-corrected chi connectivity index (χ1v) is 5.41. The first-order valence-electron chi connectivity index (χ1n) is 5.41. The third-order valence-corrected chi connectivity index (χ3v) is 2.34. The number of aromatic nitrogens is 2. The fourth-order valence-corrected chi connectivity index (χ4v) is 1.53. The van der Waals surface area contributed by atoms with Crippen molar-refractivity contribution in [3.8, 4) is 5.69 Å². The van der Waals surface area contributed by atoms with E-state index in [9.17, 15) is 4.79 Å². The summed E-state index contributed by atoms with van der Waals surface area (Å²) in [5, 5.41) is 6.88. The Labute approximate surface area is 99.2 Å². The molecule has 0 radical (unpaired) electrons. The zero-order valence-electron chi connectivity index (χ0n) is 9.55. The third-order valence-electron chi connectivity index (χ3n) is 2.34. The monoisotopic (exact) mass is 230 g/mol. The highest BCUT2D eigenvalue weighted by atomic mass is 16.1. The average Bonchev–Trinajstić information content (AvgIpc) is 2.79. The summed E-state index contributed by atoms with van der Waals surface area (Å²) in [6, 6.07) is 9.04. The Morgan fingerprint density at radius 3 is 2.88 bits per heavy atom. The quantitative estimate of drug-likeness (QED) is 0.778. The molecule has 0 saturated carbocycles. The van der Waals surface area contributed by atoms with Crippen LogP contribution < -0.4 is 11.1 Å². The smallest absolute Gasteiger partial charge is 0.271 e. The fraction of sp³-hybridized carbons (Fsp3) is 0.167. The molecule has 1 aromatic carbocycles. The molecule has 5 nitrogen and oxygen atoms in total. The van der Waals surface area contributed by atoms with Gasteiger partial charge in [-0.05, 0) is 25.1 Å². The lowest BCUT2D eigenvalue weighted by Crippen LogP contribution is -2.23. The number of hydrogen-bond donors (Lipinski definition) is 2. The molecule has 88 valence electrons. The van der Waals surface area contributed by atoms with Gasteiger partial charge in [0.1, 0.15) is 0 Å². The molecular formula is C12H14N4O. The highest BCUT2D eigenvalue weighted by molar-refractivity contribution is 5.92. The summed E-state index contributed by atoms with van der Waals surface area (Å²) in [6.07, 6.45) is 1.72. The van der Waals surface area contributed by atoms with Gasteiger partial charge in [0.15, 0.2) is 5.69 Å². The number of benzene rings is 1. The van der Waals surface area contributed by atoms with Gasteiger partial charge in [0.2, 0.25) is 0 Å². The summed E-state index contributed by atoms with van der Waals surface area (Å²) in [5.74, 6) is -0.180. The molecular weight excluding hydrogens is 216 g/mol. The largest absolute Gasteiger partial charge is 0.397 e. The van der Waals surface area contributed by atoms with Crippen molar-refractivity contribution < 1.29 is 4.79 Å². The van der Waals surface area contributed by atoms with Crippen LogP contribution in [0.1, 0.15) is 17.4 Å². The number of amides is 1. The standard InChI is InChI=1S/C12H14N4O/c1-2-14-12(17)10-7-8-16(15-10)11-6-4-3-5-9(11)13/h3-8H,2,13H2,1H3,(H,14,17). The number of nitrogens with one attached hydrogen (secondary N) is 1. The van der Waals surface area contributed by atoms with Crippen molar-refractivity contribution in [2.24, 2.45) is 0 Å². The molecule has 0 spiro atoms. The molecule has 0 aliphatic rings. The van der Waals surface area contributed by atoms with Crippen LogP contribution in [0, 0.1) is 0 Å². The summed E-state index contributed by atoms with van der Waals surface area (Å²) in [6.45, 7) is 2.45. The van der Waals surface area contributed by atoms with Crippen molar-refractivity contribution in [3.63, 3.8) is 0 Å². The van der Waals surface area contributed by atoms with E-state index in [2.05, 4.69) is 10.4 Å². The van der Waals surface area contributed by atoms with Crippen molar-refractivity contribution in [1.82, 2.24) is 15.1 Å². The molecule has 0 bridgehead atoms. The summed E-state index contributed by atoms with van der Waals surface area (Å²) < 4.78 is 1.60. The zero-order chi connectivity index (χ0) is 12.3. The van der Waals surface area contributed by atoms with E-state index in [1.165, 1.54) is 0 Å². The van der Waals surface area contributed by atoms with E-state index in [0.717, 1.165) is 5.69 Å². The van der Waals surface area contributed by atoms with Crippen molar-refractivity contribution in [3.05, 3.63) is 42.2 Å². The van der Waals surface area contributed by atoms with Gasteiger partial charge in [0, 0.05) is 12.7 Å². The van der Waals surface area contributed by atoms with Crippen LogP contribution in [-0.4, -0.2) is 22.2 Å². The predicted molar refractivity (Wildman–Crippen MR) is 66.0 cm³/mol. The molecule has 1 aromatic heterocycles. The summed E-state index contributed by atoms with van der Waals surface area (Å²) in [4.78, 5) is 11.6. The van der Waals surface area contributed by atoms with Crippen LogP contribution in [0.2, 0.25) is 0 Å². The molecule has 3 N–H and O–H groups in total. The minimum Gasteiger partial charge on any atom is -0.397 e. The average molecular weight is 230 g/mol. The van der Waals surface area contributed by atoms with Crippen LogP contribution in [0.5, 0.6) is 0 Å². The molecule has 0 fully saturated rings. The molecule has 0 aliphatic heterocycles. The zero-order valence-corrected chi connectivity index (χ0v) is 9.55. The minimum absolute atomic E-state index is 0.180. The van der Waals surface area contributed by atoms with Crippen LogP contribution in [0.4, 0.5) is 5.69 Å². The SMILES string of the molecule is CCNC(=O)c1ccn(-c2ccccc2N)n1. The number of para-hydroxylation sites is 2. The summed E-state index contributed by atoms with van der Waals surface area (Å²) >= 11 is 0. The van der Waals surface area contributed by atoms with Crippen molar-refractivity contribution in [2.75, 3.05) is 12.3 Å². The highest BCUT2D eigenvalue weighted by Gasteiger charge is 2.09. The van der Waals surface area contributed by atoms with Gasteiger partial charge >= 0.3 is 0 Å². The van der Waals surface area contributed by atoms with Crippen molar-refractivity contribution in [2.45, 2.75) is 6.92 Å². The normalized spacial score (nSPS) is 10.2. The highest BCUT2D eigenvalue weighted by Crippen LogP contribution is 2.15. The van der Waals surface area contributed by atoms with E-state index >= 15 is 0 Å². The number of nitrogens with two attached hydrogens (primary N) is 1. The first-order chi connectivity index (χ1) is 8.22. The first kappa shape index (κ1) is 11.2. The van der Waals surface area contributed by atoms with Crippen LogP contribution in [-0.2, 0) is 0 Å². The van der Waals surface area contributed by atoms with Gasteiger partial charge in [-0.3, -0.25) is 4.79 Å². The Bertz CT molecular complexity index is 533. The molecule has 2 rings (SSSR count).